The molecular weight excluding hydrogens is 188 g/mol. The molecule has 90 valence electrons. The van der Waals surface area contributed by atoms with E-state index in [0.717, 1.165) is 6.42 Å². The molecule has 2 nitrogen and oxygen atoms in total. The number of unbranched alkanes of at least 4 members (excludes halogenated alkanes) is 3. The van der Waals surface area contributed by atoms with Crippen LogP contribution in [0.25, 0.3) is 0 Å². The number of rotatable bonds is 9. The van der Waals surface area contributed by atoms with Crippen LogP contribution < -0.4 is 0 Å². The average Bonchev–Trinajstić information content (AvgIpc) is 2.20. The molecule has 0 amide bonds. The fraction of sp³-hybridized carbons (Fsp3) is 0.923. The van der Waals surface area contributed by atoms with E-state index in [9.17, 15) is 4.79 Å². The van der Waals surface area contributed by atoms with Crippen LogP contribution in [0.5, 0.6) is 0 Å². The Morgan fingerprint density at radius 1 is 1.13 bits per heavy atom. The zero-order chi connectivity index (χ0) is 11.7. The molecule has 0 saturated heterocycles. The molecule has 0 spiro atoms. The van der Waals surface area contributed by atoms with Gasteiger partial charge in [0.05, 0.1) is 0 Å². The predicted molar refractivity (Wildman–Crippen MR) is 64.0 cm³/mol. The summed E-state index contributed by atoms with van der Waals surface area (Å²) >= 11 is 0. The van der Waals surface area contributed by atoms with Gasteiger partial charge in [-0.3, -0.25) is 4.79 Å². The van der Waals surface area contributed by atoms with Crippen LogP contribution in [0.2, 0.25) is 0 Å². The first-order valence-corrected chi connectivity index (χ1v) is 6.27. The van der Waals surface area contributed by atoms with E-state index in [1.807, 2.05) is 20.8 Å². The zero-order valence-electron chi connectivity index (χ0n) is 10.7. The number of Topliss-reactive ketones (excluding diaryl/α,β-unsaturated/α-hetero) is 1. The van der Waals surface area contributed by atoms with Gasteiger partial charge in [-0.05, 0) is 19.3 Å². The highest BCUT2D eigenvalue weighted by Crippen LogP contribution is 2.12. The number of hydrogen-bond donors (Lipinski definition) is 0. The lowest BCUT2D eigenvalue weighted by Crippen LogP contribution is -2.29. The summed E-state index contributed by atoms with van der Waals surface area (Å²) < 4.78 is 5.47. The summed E-state index contributed by atoms with van der Waals surface area (Å²) in [5, 5.41) is 0. The lowest BCUT2D eigenvalue weighted by molar-refractivity contribution is -0.133. The van der Waals surface area contributed by atoms with E-state index in [4.69, 9.17) is 4.74 Å². The third-order valence-electron chi connectivity index (χ3n) is 2.55. The molecule has 0 rings (SSSR count). The van der Waals surface area contributed by atoms with Gasteiger partial charge in [-0.25, -0.2) is 0 Å². The summed E-state index contributed by atoms with van der Waals surface area (Å²) in [5.41, 5.74) is 0. The summed E-state index contributed by atoms with van der Waals surface area (Å²) in [4.78, 5) is 11.8. The standard InChI is InChI=1S/C13H26O2/c1-5-7-8-9-10-12(14)13(11(3)4)15-6-2/h11,13H,5-10H2,1-4H3. The third-order valence-corrected chi connectivity index (χ3v) is 2.55. The number of carbonyl (C=O) groups is 1. The Labute approximate surface area is 94.4 Å². The van der Waals surface area contributed by atoms with Crippen molar-refractivity contribution in [2.45, 2.75) is 65.9 Å². The molecule has 0 aromatic heterocycles. The first kappa shape index (κ1) is 14.6. The Bertz CT molecular complexity index is 164. The van der Waals surface area contributed by atoms with Gasteiger partial charge in [0.15, 0.2) is 5.78 Å². The molecule has 0 radical (unpaired) electrons. The Morgan fingerprint density at radius 3 is 2.27 bits per heavy atom. The lowest BCUT2D eigenvalue weighted by atomic mass is 9.98. The maximum Gasteiger partial charge on any atom is 0.161 e. The molecule has 0 aliphatic heterocycles. The second kappa shape index (κ2) is 8.90. The van der Waals surface area contributed by atoms with E-state index in [-0.39, 0.29) is 11.9 Å². The molecule has 0 aromatic carbocycles. The lowest BCUT2D eigenvalue weighted by Gasteiger charge is -2.19. The van der Waals surface area contributed by atoms with Crippen molar-refractivity contribution < 1.29 is 9.53 Å². The molecule has 0 fully saturated rings. The van der Waals surface area contributed by atoms with Crippen LogP contribution in [0.1, 0.15) is 59.8 Å². The number of carbonyl (C=O) groups excluding carboxylic acids is 1. The largest absolute Gasteiger partial charge is 0.370 e. The van der Waals surface area contributed by atoms with E-state index < -0.39 is 0 Å². The number of hydrogen-bond acceptors (Lipinski definition) is 2. The van der Waals surface area contributed by atoms with Crippen molar-refractivity contribution in [3.63, 3.8) is 0 Å². The SMILES string of the molecule is CCCCCCC(=O)C(OCC)C(C)C. The molecule has 0 saturated carbocycles. The van der Waals surface area contributed by atoms with Gasteiger partial charge >= 0.3 is 0 Å². The second-order valence-electron chi connectivity index (χ2n) is 4.40. The highest BCUT2D eigenvalue weighted by molar-refractivity contribution is 5.83. The van der Waals surface area contributed by atoms with Gasteiger partial charge in [0.1, 0.15) is 6.10 Å². The fourth-order valence-electron chi connectivity index (χ4n) is 1.71. The van der Waals surface area contributed by atoms with Gasteiger partial charge in [-0.2, -0.15) is 0 Å². The van der Waals surface area contributed by atoms with Crippen molar-refractivity contribution in [1.82, 2.24) is 0 Å². The maximum atomic E-state index is 11.8. The Hall–Kier alpha value is -0.370. The first-order chi connectivity index (χ1) is 7.13. The Kier molecular flexibility index (Phi) is 8.68. The summed E-state index contributed by atoms with van der Waals surface area (Å²) in [7, 11) is 0. The minimum absolute atomic E-state index is 0.184. The Morgan fingerprint density at radius 2 is 1.80 bits per heavy atom. The van der Waals surface area contributed by atoms with Gasteiger partial charge < -0.3 is 4.74 Å². The monoisotopic (exact) mass is 214 g/mol. The summed E-state index contributed by atoms with van der Waals surface area (Å²) in [5.74, 6) is 0.576. The van der Waals surface area contributed by atoms with E-state index in [2.05, 4.69) is 6.92 Å². The van der Waals surface area contributed by atoms with Gasteiger partial charge in [0, 0.05) is 13.0 Å². The van der Waals surface area contributed by atoms with Crippen molar-refractivity contribution in [3.05, 3.63) is 0 Å². The van der Waals surface area contributed by atoms with Crippen molar-refractivity contribution in [3.8, 4) is 0 Å². The van der Waals surface area contributed by atoms with E-state index in [0.29, 0.717) is 18.9 Å². The van der Waals surface area contributed by atoms with Gasteiger partial charge in [-0.1, -0.05) is 40.0 Å². The van der Waals surface area contributed by atoms with E-state index in [1.165, 1.54) is 19.3 Å². The summed E-state index contributed by atoms with van der Waals surface area (Å²) in [6.45, 7) is 8.84. The van der Waals surface area contributed by atoms with Crippen molar-refractivity contribution in [1.29, 1.82) is 0 Å². The molecule has 0 aliphatic rings. The summed E-state index contributed by atoms with van der Waals surface area (Å²) in [6.07, 6.45) is 5.13. The predicted octanol–water partition coefficient (Wildman–Crippen LogP) is 3.59. The normalized spacial score (nSPS) is 13.1. The van der Waals surface area contributed by atoms with Crippen LogP contribution in [0.15, 0.2) is 0 Å². The molecule has 0 heterocycles. The minimum Gasteiger partial charge on any atom is -0.370 e. The van der Waals surface area contributed by atoms with Crippen LogP contribution in [-0.2, 0) is 9.53 Å². The van der Waals surface area contributed by atoms with Crippen LogP contribution in [0.3, 0.4) is 0 Å². The second-order valence-corrected chi connectivity index (χ2v) is 4.40. The molecule has 0 bridgehead atoms. The molecular formula is C13H26O2. The van der Waals surface area contributed by atoms with E-state index >= 15 is 0 Å². The quantitative estimate of drug-likeness (QED) is 0.548. The minimum atomic E-state index is -0.184. The molecule has 0 aromatic rings. The van der Waals surface area contributed by atoms with Crippen LogP contribution in [0.4, 0.5) is 0 Å². The van der Waals surface area contributed by atoms with Crippen LogP contribution in [-0.4, -0.2) is 18.5 Å². The van der Waals surface area contributed by atoms with Gasteiger partial charge in [-0.15, -0.1) is 0 Å². The zero-order valence-corrected chi connectivity index (χ0v) is 10.7. The van der Waals surface area contributed by atoms with Crippen molar-refractivity contribution in [2.24, 2.45) is 5.92 Å². The van der Waals surface area contributed by atoms with Crippen molar-refractivity contribution in [2.75, 3.05) is 6.61 Å². The highest BCUT2D eigenvalue weighted by Gasteiger charge is 2.21. The molecule has 2 heteroatoms. The van der Waals surface area contributed by atoms with Gasteiger partial charge in [0.2, 0.25) is 0 Å². The van der Waals surface area contributed by atoms with Crippen LogP contribution in [0, 0.1) is 5.92 Å². The molecule has 0 aliphatic carbocycles. The smallest absolute Gasteiger partial charge is 0.161 e. The molecule has 1 atom stereocenters. The molecule has 15 heavy (non-hydrogen) atoms. The van der Waals surface area contributed by atoms with E-state index in [1.54, 1.807) is 0 Å². The fourth-order valence-corrected chi connectivity index (χ4v) is 1.71. The maximum absolute atomic E-state index is 11.8. The topological polar surface area (TPSA) is 26.3 Å². The summed E-state index contributed by atoms with van der Waals surface area (Å²) in [6, 6.07) is 0. The van der Waals surface area contributed by atoms with Gasteiger partial charge in [0.25, 0.3) is 0 Å². The Balaban J connectivity index is 3.82. The van der Waals surface area contributed by atoms with Crippen LogP contribution >= 0.6 is 0 Å². The van der Waals surface area contributed by atoms with Crippen molar-refractivity contribution >= 4 is 5.78 Å². The third kappa shape index (κ3) is 6.67. The number of ketones is 1. The average molecular weight is 214 g/mol. The molecule has 0 N–H and O–H groups in total. The first-order valence-electron chi connectivity index (χ1n) is 6.27. The number of ether oxygens (including phenoxy) is 1. The molecule has 1 unspecified atom stereocenters. The highest BCUT2D eigenvalue weighted by atomic mass is 16.5.